The Kier molecular flexibility index (Phi) is 12.1. The molecule has 0 atom stereocenters. The first-order valence-corrected chi connectivity index (χ1v) is 11.5. The summed E-state index contributed by atoms with van der Waals surface area (Å²) in [5.74, 6) is 0. The second-order valence-electron chi connectivity index (χ2n) is 7.18. The molecule has 0 saturated carbocycles. The van der Waals surface area contributed by atoms with Crippen LogP contribution in [0.2, 0.25) is 0 Å². The van der Waals surface area contributed by atoms with Crippen LogP contribution >= 0.6 is 0 Å². The van der Waals surface area contributed by atoms with E-state index >= 15 is 0 Å². The molecule has 27 heavy (non-hydrogen) atoms. The Labute approximate surface area is 197 Å². The fourth-order valence-electron chi connectivity index (χ4n) is 3.59. The molecule has 1 N–H and O–H groups in total. The fourth-order valence-corrected chi connectivity index (χ4v) is 4.56. The van der Waals surface area contributed by atoms with E-state index in [2.05, 4.69) is 6.92 Å². The van der Waals surface area contributed by atoms with E-state index in [1.165, 1.54) is 51.4 Å². The molecule has 0 aromatic heterocycles. The van der Waals surface area contributed by atoms with Crippen LogP contribution in [0.1, 0.15) is 79.5 Å². The van der Waals surface area contributed by atoms with Gasteiger partial charge >= 0.3 is 37.7 Å². The van der Waals surface area contributed by atoms with Gasteiger partial charge in [0.25, 0.3) is 10.1 Å². The second-order valence-corrected chi connectivity index (χ2v) is 8.54. The molecule has 0 aliphatic carbocycles. The van der Waals surface area contributed by atoms with Crippen LogP contribution in [0.25, 0.3) is 10.8 Å². The van der Waals surface area contributed by atoms with Gasteiger partial charge in [0.2, 0.25) is 0 Å². The van der Waals surface area contributed by atoms with Gasteiger partial charge in [0.05, 0.1) is 0 Å². The van der Waals surface area contributed by atoms with Crippen molar-refractivity contribution in [3.63, 3.8) is 0 Å². The van der Waals surface area contributed by atoms with E-state index in [1.54, 1.807) is 12.1 Å². The molecule has 2 aromatic rings. The number of aryl methyl sites for hydroxylation is 1. The summed E-state index contributed by atoms with van der Waals surface area (Å²) in [4.78, 5) is 0.0894. The predicted molar refractivity (Wildman–Crippen MR) is 117 cm³/mol. The van der Waals surface area contributed by atoms with Crippen molar-refractivity contribution in [3.8, 4) is 0 Å². The van der Waals surface area contributed by atoms with Crippen LogP contribution in [0.4, 0.5) is 0 Å². The first kappa shape index (κ1) is 24.9. The van der Waals surface area contributed by atoms with Crippen molar-refractivity contribution in [3.05, 3.63) is 42.0 Å². The molecule has 0 heterocycles. The summed E-state index contributed by atoms with van der Waals surface area (Å²) in [6, 6.07) is 11.1. The molecular weight excluding hydrogens is 384 g/mol. The van der Waals surface area contributed by atoms with Crippen LogP contribution in [0.5, 0.6) is 0 Å². The number of hydrogen-bond acceptors (Lipinski definition) is 2. The monoisotopic (exact) mass is 418 g/mol. The van der Waals surface area contributed by atoms with E-state index in [0.717, 1.165) is 23.8 Å². The van der Waals surface area contributed by atoms with Crippen molar-refractivity contribution in [2.24, 2.45) is 0 Å². The van der Waals surface area contributed by atoms with Gasteiger partial charge in [-0.2, -0.15) is 8.42 Å². The molecule has 0 unspecified atom stereocenters. The van der Waals surface area contributed by atoms with Crippen LogP contribution in [0.3, 0.4) is 0 Å². The van der Waals surface area contributed by atoms with Crippen LogP contribution in [-0.2, 0) is 16.5 Å². The van der Waals surface area contributed by atoms with Crippen molar-refractivity contribution in [2.45, 2.75) is 82.4 Å². The zero-order chi connectivity index (χ0) is 18.8. The standard InChI is InChI=1S/C22H32O3S.Ca.2H/c1-2-3-4-5-6-7-8-9-10-11-15-20-18-17-19-14-12-13-16-21(19)22(20)26(23,24)25;;;/h12-14,16-18H,2-11,15H2,1H3,(H,23,24,25);;;/q;+2;2*-1. The summed E-state index contributed by atoms with van der Waals surface area (Å²) in [5.41, 5.74) is 0.728. The fraction of sp³-hybridized carbons (Fsp3) is 0.545. The molecule has 0 saturated heterocycles. The minimum atomic E-state index is -4.22. The molecule has 0 amide bonds. The smallest absolute Gasteiger partial charge is 1.00 e. The summed E-state index contributed by atoms with van der Waals surface area (Å²) < 4.78 is 33.5. The van der Waals surface area contributed by atoms with E-state index in [9.17, 15) is 13.0 Å². The van der Waals surface area contributed by atoms with Gasteiger partial charge in [-0.25, -0.2) is 0 Å². The third-order valence-electron chi connectivity index (χ3n) is 5.02. The van der Waals surface area contributed by atoms with Gasteiger partial charge < -0.3 is 2.85 Å². The molecule has 2 rings (SSSR count). The summed E-state index contributed by atoms with van der Waals surface area (Å²) in [6.45, 7) is 2.24. The molecule has 0 radical (unpaired) electrons. The summed E-state index contributed by atoms with van der Waals surface area (Å²) >= 11 is 0. The number of benzene rings is 2. The second kappa shape index (κ2) is 13.2. The van der Waals surface area contributed by atoms with Crippen LogP contribution in [-0.4, -0.2) is 50.7 Å². The van der Waals surface area contributed by atoms with E-state index in [-0.39, 0.29) is 45.5 Å². The molecule has 3 nitrogen and oxygen atoms in total. The number of rotatable bonds is 12. The van der Waals surface area contributed by atoms with Crippen molar-refractivity contribution in [2.75, 3.05) is 0 Å². The van der Waals surface area contributed by atoms with Gasteiger partial charge in [-0.1, -0.05) is 101 Å². The molecule has 0 aliphatic rings. The van der Waals surface area contributed by atoms with E-state index < -0.39 is 10.1 Å². The van der Waals surface area contributed by atoms with E-state index in [1.807, 2.05) is 24.3 Å². The molecule has 148 valence electrons. The van der Waals surface area contributed by atoms with Crippen LogP contribution < -0.4 is 0 Å². The Morgan fingerprint density at radius 3 is 1.96 bits per heavy atom. The maximum Gasteiger partial charge on any atom is 2.00 e. The average Bonchev–Trinajstić information content (AvgIpc) is 2.62. The molecule has 0 spiro atoms. The van der Waals surface area contributed by atoms with Crippen LogP contribution in [0.15, 0.2) is 41.3 Å². The first-order valence-electron chi connectivity index (χ1n) is 10.0. The van der Waals surface area contributed by atoms with Gasteiger partial charge in [0.1, 0.15) is 4.90 Å². The Morgan fingerprint density at radius 1 is 0.815 bits per heavy atom. The van der Waals surface area contributed by atoms with Crippen molar-refractivity contribution >= 4 is 58.6 Å². The summed E-state index contributed by atoms with van der Waals surface area (Å²) in [6.07, 6.45) is 13.2. The zero-order valence-corrected chi connectivity index (χ0v) is 19.6. The minimum absolute atomic E-state index is 0. The first-order chi connectivity index (χ1) is 12.5. The predicted octanol–water partition coefficient (Wildman–Crippen LogP) is 6.39. The molecule has 0 bridgehead atoms. The third-order valence-corrected chi connectivity index (χ3v) is 6.02. The number of fused-ring (bicyclic) bond motifs is 1. The normalized spacial score (nSPS) is 11.5. The zero-order valence-electron chi connectivity index (χ0n) is 18.6. The van der Waals surface area contributed by atoms with Gasteiger partial charge in [-0.15, -0.1) is 0 Å². The quantitative estimate of drug-likeness (QED) is 0.247. The summed E-state index contributed by atoms with van der Waals surface area (Å²) in [5, 5.41) is 1.45. The number of unbranched alkanes of at least 4 members (excludes halogenated alkanes) is 9. The maximum atomic E-state index is 11.9. The maximum absolute atomic E-state index is 11.9. The molecule has 2 aromatic carbocycles. The molecule has 0 fully saturated rings. The Hall–Kier alpha value is -0.130. The van der Waals surface area contributed by atoms with Crippen molar-refractivity contribution in [1.82, 2.24) is 0 Å². The van der Waals surface area contributed by atoms with Gasteiger partial charge in [0, 0.05) is 5.39 Å². The van der Waals surface area contributed by atoms with E-state index in [0.29, 0.717) is 11.8 Å². The minimum Gasteiger partial charge on any atom is -1.00 e. The average molecular weight is 419 g/mol. The Balaban J connectivity index is 0. The van der Waals surface area contributed by atoms with Crippen molar-refractivity contribution < 1.29 is 15.8 Å². The largest absolute Gasteiger partial charge is 2.00 e. The summed E-state index contributed by atoms with van der Waals surface area (Å²) in [7, 11) is -4.22. The van der Waals surface area contributed by atoms with Gasteiger partial charge in [-0.3, -0.25) is 4.55 Å². The van der Waals surface area contributed by atoms with Crippen molar-refractivity contribution in [1.29, 1.82) is 0 Å². The SMILES string of the molecule is CCCCCCCCCCCCc1ccc2ccccc2c1S(=O)(=O)O.[Ca+2].[H-].[H-]. The molecular formula is C22H34CaO3S. The topological polar surface area (TPSA) is 54.4 Å². The van der Waals surface area contributed by atoms with Crippen LogP contribution in [0, 0.1) is 0 Å². The third kappa shape index (κ3) is 8.41. The van der Waals surface area contributed by atoms with Gasteiger partial charge in [0.15, 0.2) is 0 Å². The van der Waals surface area contributed by atoms with Gasteiger partial charge in [-0.05, 0) is 23.8 Å². The Bertz CT molecular complexity index is 798. The number of hydrogen-bond donors (Lipinski definition) is 1. The van der Waals surface area contributed by atoms with E-state index in [4.69, 9.17) is 0 Å². The Morgan fingerprint density at radius 2 is 1.37 bits per heavy atom. The molecule has 5 heteroatoms. The molecule has 0 aliphatic heterocycles.